The molecule has 0 aromatic heterocycles. The Balaban J connectivity index is 4.04. The number of ether oxygens (including phenoxy) is 2. The molecule has 23 heavy (non-hydrogen) atoms. The van der Waals surface area contributed by atoms with Crippen LogP contribution in [0, 0.1) is 0 Å². The fourth-order valence-electron chi connectivity index (χ4n) is 1.62. The van der Waals surface area contributed by atoms with Crippen molar-refractivity contribution in [3.63, 3.8) is 0 Å². The summed E-state index contributed by atoms with van der Waals surface area (Å²) in [5.41, 5.74) is -1.72. The first-order valence-electron chi connectivity index (χ1n) is 8.00. The summed E-state index contributed by atoms with van der Waals surface area (Å²) in [4.78, 5) is 36.7. The molecule has 0 aliphatic carbocycles. The predicted octanol–water partition coefficient (Wildman–Crippen LogP) is 3.01. The molecule has 2 N–H and O–H groups in total. The van der Waals surface area contributed by atoms with E-state index in [4.69, 9.17) is 19.3 Å². The minimum atomic E-state index is -4.94. The Hall–Kier alpha value is -0.500. The van der Waals surface area contributed by atoms with E-state index in [0.717, 1.165) is 38.5 Å². The highest BCUT2D eigenvalue weighted by atomic mass is 31.2. The first kappa shape index (κ1) is 22.5. The molecule has 0 saturated carbocycles. The maximum atomic E-state index is 10.9. The molecule has 1 atom stereocenters. The normalized spacial score (nSPS) is 13.0. The van der Waals surface area contributed by atoms with Crippen LogP contribution in [0.25, 0.3) is 0 Å². The van der Waals surface area contributed by atoms with Gasteiger partial charge in [-0.1, -0.05) is 39.5 Å². The van der Waals surface area contributed by atoms with E-state index in [1.165, 1.54) is 0 Å². The van der Waals surface area contributed by atoms with Crippen molar-refractivity contribution in [1.29, 1.82) is 0 Å². The van der Waals surface area contributed by atoms with Gasteiger partial charge in [0.2, 0.25) is 0 Å². The quantitative estimate of drug-likeness (QED) is 0.199. The Kier molecular flexibility index (Phi) is 13.6. The average molecular weight is 356 g/mol. The maximum Gasteiger partial charge on any atom is 0.452 e. The summed E-state index contributed by atoms with van der Waals surface area (Å²) in [6.07, 6.45) is 5.67. The van der Waals surface area contributed by atoms with Gasteiger partial charge < -0.3 is 19.3 Å². The molecule has 0 heterocycles. The van der Waals surface area contributed by atoms with Crippen LogP contribution in [0.3, 0.4) is 0 Å². The number of rotatable bonds is 15. The first-order valence-corrected chi connectivity index (χ1v) is 9.61. The van der Waals surface area contributed by atoms with Crippen LogP contribution in [-0.4, -0.2) is 48.0 Å². The minimum Gasteiger partial charge on any atom is -0.379 e. The van der Waals surface area contributed by atoms with Crippen LogP contribution in [0.15, 0.2) is 0 Å². The molecule has 0 spiro atoms. The van der Waals surface area contributed by atoms with Crippen molar-refractivity contribution in [2.24, 2.45) is 0 Å². The van der Waals surface area contributed by atoms with Gasteiger partial charge in [0.15, 0.2) is 0 Å². The maximum absolute atomic E-state index is 10.9. The molecule has 0 unspecified atom stereocenters. The SMILES string of the molecule is CCCCCOC[C@H](COOC(=O)P(=O)(O)O)OCCCCC. The van der Waals surface area contributed by atoms with E-state index in [2.05, 4.69) is 23.6 Å². The fraction of sp³-hybridized carbons (Fsp3) is 0.929. The summed E-state index contributed by atoms with van der Waals surface area (Å²) in [5, 5.41) is 0. The summed E-state index contributed by atoms with van der Waals surface area (Å²) in [5.74, 6) is 0. The highest BCUT2D eigenvalue weighted by Gasteiger charge is 2.29. The second-order valence-electron chi connectivity index (χ2n) is 5.16. The number of unbranched alkanes of at least 4 members (excludes halogenated alkanes) is 4. The van der Waals surface area contributed by atoms with E-state index in [-0.39, 0.29) is 13.2 Å². The highest BCUT2D eigenvalue weighted by Crippen LogP contribution is 2.36. The second kappa shape index (κ2) is 13.9. The second-order valence-corrected chi connectivity index (χ2v) is 6.61. The van der Waals surface area contributed by atoms with E-state index in [0.29, 0.717) is 13.2 Å². The minimum absolute atomic E-state index is 0.147. The summed E-state index contributed by atoms with van der Waals surface area (Å²) in [6.45, 7) is 5.42. The third-order valence-electron chi connectivity index (χ3n) is 2.92. The van der Waals surface area contributed by atoms with Gasteiger partial charge in [-0.05, 0) is 12.8 Å². The number of hydrogen-bond donors (Lipinski definition) is 2. The summed E-state index contributed by atoms with van der Waals surface area (Å²) < 4.78 is 21.7. The third-order valence-corrected chi connectivity index (χ3v) is 3.47. The Bertz CT molecular complexity index is 344. The molecule has 0 aliphatic rings. The molecule has 0 saturated heterocycles. The van der Waals surface area contributed by atoms with Gasteiger partial charge in [0.25, 0.3) is 0 Å². The highest BCUT2D eigenvalue weighted by molar-refractivity contribution is 7.69. The molecule has 9 heteroatoms. The van der Waals surface area contributed by atoms with Crippen LogP contribution in [-0.2, 0) is 23.8 Å². The first-order chi connectivity index (χ1) is 10.9. The van der Waals surface area contributed by atoms with Gasteiger partial charge in [-0.2, -0.15) is 4.89 Å². The van der Waals surface area contributed by atoms with Gasteiger partial charge in [0, 0.05) is 13.2 Å². The molecule has 0 amide bonds. The molecule has 0 aliphatic heterocycles. The smallest absolute Gasteiger partial charge is 0.379 e. The van der Waals surface area contributed by atoms with Crippen molar-refractivity contribution in [3.8, 4) is 0 Å². The van der Waals surface area contributed by atoms with Crippen molar-refractivity contribution in [1.82, 2.24) is 0 Å². The van der Waals surface area contributed by atoms with E-state index >= 15 is 0 Å². The summed E-state index contributed by atoms with van der Waals surface area (Å²) in [7, 11) is -4.94. The predicted molar refractivity (Wildman–Crippen MR) is 84.1 cm³/mol. The zero-order chi connectivity index (χ0) is 17.6. The fourth-order valence-corrected chi connectivity index (χ4v) is 1.77. The molecular weight excluding hydrogens is 327 g/mol. The van der Waals surface area contributed by atoms with Crippen LogP contribution in [0.4, 0.5) is 4.79 Å². The Morgan fingerprint density at radius 1 is 1.00 bits per heavy atom. The molecule has 0 bridgehead atoms. The van der Waals surface area contributed by atoms with E-state index < -0.39 is 19.4 Å². The van der Waals surface area contributed by atoms with Crippen molar-refractivity contribution in [2.45, 2.75) is 58.5 Å². The van der Waals surface area contributed by atoms with E-state index in [1.54, 1.807) is 0 Å². The number of hydrogen-bond acceptors (Lipinski definition) is 6. The third kappa shape index (κ3) is 13.6. The summed E-state index contributed by atoms with van der Waals surface area (Å²) in [6, 6.07) is 0. The lowest BCUT2D eigenvalue weighted by molar-refractivity contribution is -0.253. The monoisotopic (exact) mass is 356 g/mol. The topological polar surface area (TPSA) is 112 Å². The summed E-state index contributed by atoms with van der Waals surface area (Å²) >= 11 is 0. The van der Waals surface area contributed by atoms with Crippen LogP contribution in [0.1, 0.15) is 52.4 Å². The van der Waals surface area contributed by atoms with Gasteiger partial charge in [-0.25, -0.2) is 9.36 Å². The molecule has 0 radical (unpaired) electrons. The van der Waals surface area contributed by atoms with Gasteiger partial charge in [-0.15, -0.1) is 0 Å². The molecule has 0 aromatic rings. The van der Waals surface area contributed by atoms with Gasteiger partial charge in [0.1, 0.15) is 12.7 Å². The van der Waals surface area contributed by atoms with E-state index in [1.807, 2.05) is 0 Å². The molecule has 0 rings (SSSR count). The van der Waals surface area contributed by atoms with Crippen molar-refractivity contribution < 1.29 is 38.4 Å². The molecule has 0 aromatic carbocycles. The lowest BCUT2D eigenvalue weighted by Crippen LogP contribution is -2.27. The van der Waals surface area contributed by atoms with Gasteiger partial charge >= 0.3 is 13.3 Å². The van der Waals surface area contributed by atoms with Gasteiger partial charge in [-0.3, -0.25) is 4.89 Å². The molecule has 0 fully saturated rings. The molecular formula is C14H29O8P. The standard InChI is InChI=1S/C14H29O8P/c1-3-5-7-9-19-11-13(20-10-8-6-4-2)12-21-22-14(15)23(16,17)18/h13H,3-12H2,1-2H3,(H2,16,17,18)/t13-/m1/s1. The molecule has 138 valence electrons. The van der Waals surface area contributed by atoms with E-state index in [9.17, 15) is 9.36 Å². The Labute approximate surface area is 137 Å². The molecule has 8 nitrogen and oxygen atoms in total. The van der Waals surface area contributed by atoms with Crippen LogP contribution >= 0.6 is 7.60 Å². The van der Waals surface area contributed by atoms with Crippen molar-refractivity contribution in [3.05, 3.63) is 0 Å². The lowest BCUT2D eigenvalue weighted by atomic mass is 10.2. The zero-order valence-electron chi connectivity index (χ0n) is 13.9. The van der Waals surface area contributed by atoms with Crippen LogP contribution in [0.2, 0.25) is 0 Å². The number of carbonyl (C=O) groups excluding carboxylic acids is 1. The van der Waals surface area contributed by atoms with Crippen molar-refractivity contribution >= 4 is 13.3 Å². The zero-order valence-corrected chi connectivity index (χ0v) is 14.8. The number of carbonyl (C=O) groups is 1. The average Bonchev–Trinajstić information content (AvgIpc) is 2.49. The van der Waals surface area contributed by atoms with Crippen molar-refractivity contribution in [2.75, 3.05) is 26.4 Å². The Morgan fingerprint density at radius 3 is 2.17 bits per heavy atom. The Morgan fingerprint density at radius 2 is 1.61 bits per heavy atom. The lowest BCUT2D eigenvalue weighted by Gasteiger charge is -2.17. The largest absolute Gasteiger partial charge is 0.452 e. The van der Waals surface area contributed by atoms with Gasteiger partial charge in [0.05, 0.1) is 6.61 Å². The van der Waals surface area contributed by atoms with Crippen LogP contribution in [0.5, 0.6) is 0 Å². The van der Waals surface area contributed by atoms with Crippen LogP contribution < -0.4 is 0 Å².